The average Bonchev–Trinajstić information content (AvgIpc) is 2.76. The van der Waals surface area contributed by atoms with Gasteiger partial charge in [-0.2, -0.15) is 22.0 Å². The molecule has 0 unspecified atom stereocenters. The Labute approximate surface area is 206 Å². The zero-order valence-electron chi connectivity index (χ0n) is 17.5. The first-order valence-corrected chi connectivity index (χ1v) is 11.9. The van der Waals surface area contributed by atoms with Crippen molar-refractivity contribution in [3.63, 3.8) is 0 Å². The highest BCUT2D eigenvalue weighted by Crippen LogP contribution is 2.34. The molecule has 0 spiro atoms. The fourth-order valence-electron chi connectivity index (χ4n) is 2.46. The third kappa shape index (κ3) is 7.45. The van der Waals surface area contributed by atoms with Gasteiger partial charge in [0.05, 0.1) is 4.90 Å². The van der Waals surface area contributed by atoms with Gasteiger partial charge in [0.1, 0.15) is 5.69 Å². The molecule has 1 amide bonds. The van der Waals surface area contributed by atoms with E-state index in [9.17, 15) is 35.2 Å². The summed E-state index contributed by atoms with van der Waals surface area (Å²) in [5.41, 5.74) is -1.17. The zero-order chi connectivity index (χ0) is 25.7. The van der Waals surface area contributed by atoms with E-state index in [1.54, 1.807) is 6.07 Å². The van der Waals surface area contributed by atoms with E-state index in [2.05, 4.69) is 16.9 Å². The number of aromatic nitrogens is 1. The second-order valence-electron chi connectivity index (χ2n) is 6.92. The third-order valence-electron chi connectivity index (χ3n) is 4.40. The SMILES string of the molecule is C=C(/C=C\C=C(/C)S(=O)(=O)c1cccc(CNC(=O)c2ccc(C(F)(F)I)cn2)c1)C(F)(F)F. The van der Waals surface area contributed by atoms with Crippen LogP contribution in [0.1, 0.15) is 28.5 Å². The van der Waals surface area contributed by atoms with E-state index in [4.69, 9.17) is 0 Å². The normalized spacial score (nSPS) is 13.2. The molecule has 0 aliphatic heterocycles. The topological polar surface area (TPSA) is 76.1 Å². The molecule has 0 radical (unpaired) electrons. The van der Waals surface area contributed by atoms with Gasteiger partial charge in [0.15, 0.2) is 0 Å². The molecule has 1 aromatic carbocycles. The lowest BCUT2D eigenvalue weighted by Gasteiger charge is -2.10. The molecule has 1 aromatic heterocycles. The van der Waals surface area contributed by atoms with Gasteiger partial charge >= 0.3 is 10.1 Å². The number of pyridine rings is 1. The van der Waals surface area contributed by atoms with Gasteiger partial charge in [-0.05, 0) is 42.8 Å². The van der Waals surface area contributed by atoms with Crippen molar-refractivity contribution in [1.82, 2.24) is 10.3 Å². The molecule has 0 aliphatic carbocycles. The van der Waals surface area contributed by atoms with E-state index < -0.39 is 31.4 Å². The number of rotatable bonds is 8. The standard InChI is InChI=1S/C22H18F5IN2O3S/c1-14(21(23,24)25)5-3-6-15(2)34(32,33)18-8-4-7-16(11-18)12-30-20(31)19-10-9-17(13-29-19)22(26,27)28/h3-11,13H,1,12H2,2H3,(H,30,31)/b5-3-,15-6+. The first-order chi connectivity index (χ1) is 15.6. The van der Waals surface area contributed by atoms with Gasteiger partial charge in [0.25, 0.3) is 5.91 Å². The number of hydrogen-bond donors (Lipinski definition) is 1. The van der Waals surface area contributed by atoms with Crippen molar-refractivity contribution in [3.8, 4) is 0 Å². The maximum absolute atomic E-state index is 13.2. The number of nitrogens with one attached hydrogen (secondary N) is 1. The minimum Gasteiger partial charge on any atom is -0.347 e. The molecule has 182 valence electrons. The number of sulfone groups is 1. The lowest BCUT2D eigenvalue weighted by Crippen LogP contribution is -2.24. The van der Waals surface area contributed by atoms with Crippen LogP contribution in [0.3, 0.4) is 0 Å². The summed E-state index contributed by atoms with van der Waals surface area (Å²) in [4.78, 5) is 15.6. The van der Waals surface area contributed by atoms with Gasteiger partial charge in [-0.15, -0.1) is 0 Å². The quantitative estimate of drug-likeness (QED) is 0.176. The van der Waals surface area contributed by atoms with Crippen LogP contribution in [-0.4, -0.2) is 25.5 Å². The number of carbonyl (C=O) groups excluding carboxylic acids is 1. The Morgan fingerprint density at radius 1 is 1.18 bits per heavy atom. The van der Waals surface area contributed by atoms with Crippen LogP contribution in [0, 0.1) is 0 Å². The minimum atomic E-state index is -4.62. The maximum atomic E-state index is 13.2. The molecule has 0 aliphatic rings. The lowest BCUT2D eigenvalue weighted by molar-refractivity contribution is -0.0878. The molecule has 1 N–H and O–H groups in total. The number of alkyl halides is 6. The molecular weight excluding hydrogens is 594 g/mol. The molecule has 0 saturated heterocycles. The van der Waals surface area contributed by atoms with Gasteiger partial charge in [0.2, 0.25) is 9.84 Å². The largest absolute Gasteiger partial charge is 0.415 e. The van der Waals surface area contributed by atoms with Gasteiger partial charge < -0.3 is 5.32 Å². The molecular formula is C22H18F5IN2O3S. The van der Waals surface area contributed by atoms with Gasteiger partial charge in [-0.1, -0.05) is 30.9 Å². The van der Waals surface area contributed by atoms with Crippen LogP contribution < -0.4 is 5.32 Å². The average molecular weight is 612 g/mol. The van der Waals surface area contributed by atoms with E-state index in [0.717, 1.165) is 53.1 Å². The molecule has 2 aromatic rings. The fourth-order valence-corrected chi connectivity index (χ4v) is 3.97. The number of amides is 1. The summed E-state index contributed by atoms with van der Waals surface area (Å²) in [6.07, 6.45) is -1.10. The van der Waals surface area contributed by atoms with E-state index in [1.165, 1.54) is 25.1 Å². The van der Waals surface area contributed by atoms with Crippen LogP contribution in [0.4, 0.5) is 22.0 Å². The molecule has 1 heterocycles. The number of hydrogen-bond acceptors (Lipinski definition) is 4. The van der Waals surface area contributed by atoms with E-state index in [-0.39, 0.29) is 27.6 Å². The van der Waals surface area contributed by atoms with Gasteiger partial charge in [0, 0.05) is 51.4 Å². The minimum absolute atomic E-state index is 0.0812. The van der Waals surface area contributed by atoms with E-state index in [1.807, 2.05) is 0 Å². The lowest BCUT2D eigenvalue weighted by atomic mass is 10.2. The Morgan fingerprint density at radius 3 is 2.41 bits per heavy atom. The highest BCUT2D eigenvalue weighted by Gasteiger charge is 2.29. The Kier molecular flexibility index (Phi) is 8.75. The van der Waals surface area contributed by atoms with Gasteiger partial charge in [-0.25, -0.2) is 8.42 Å². The predicted molar refractivity (Wildman–Crippen MR) is 125 cm³/mol. The highest BCUT2D eigenvalue weighted by molar-refractivity contribution is 14.1. The molecule has 2 rings (SSSR count). The van der Waals surface area contributed by atoms with Crippen molar-refractivity contribution in [2.24, 2.45) is 0 Å². The molecule has 12 heteroatoms. The number of nitrogens with zero attached hydrogens (tertiary/aromatic N) is 1. The molecule has 0 bridgehead atoms. The summed E-state index contributed by atoms with van der Waals surface area (Å²) in [5, 5.41) is 2.51. The first-order valence-electron chi connectivity index (χ1n) is 9.39. The Morgan fingerprint density at radius 2 is 1.85 bits per heavy atom. The third-order valence-corrected chi connectivity index (χ3v) is 6.88. The molecule has 5 nitrogen and oxygen atoms in total. The predicted octanol–water partition coefficient (Wildman–Crippen LogP) is 5.85. The number of benzene rings is 1. The summed E-state index contributed by atoms with van der Waals surface area (Å²) in [7, 11) is -4.00. The van der Waals surface area contributed by atoms with Crippen LogP contribution in [0.5, 0.6) is 0 Å². The van der Waals surface area contributed by atoms with Crippen molar-refractivity contribution in [2.75, 3.05) is 0 Å². The van der Waals surface area contributed by atoms with Crippen LogP contribution in [-0.2, 0) is 20.3 Å². The number of allylic oxidation sites excluding steroid dienone is 5. The van der Waals surface area contributed by atoms with Crippen molar-refractivity contribution in [2.45, 2.75) is 28.5 Å². The molecule has 0 fully saturated rings. The van der Waals surface area contributed by atoms with E-state index in [0.29, 0.717) is 11.6 Å². The second kappa shape index (κ2) is 10.8. The first kappa shape index (κ1) is 27.6. The van der Waals surface area contributed by atoms with Crippen LogP contribution >= 0.6 is 22.6 Å². The Hall–Kier alpha value is -2.61. The Balaban J connectivity index is 2.11. The van der Waals surface area contributed by atoms with Crippen LogP contribution in [0.15, 0.2) is 82.8 Å². The van der Waals surface area contributed by atoms with Crippen molar-refractivity contribution in [1.29, 1.82) is 0 Å². The second-order valence-corrected chi connectivity index (χ2v) is 10.4. The van der Waals surface area contributed by atoms with Crippen molar-refractivity contribution >= 4 is 38.3 Å². The number of carbonyl (C=O) groups is 1. The van der Waals surface area contributed by atoms with Crippen LogP contribution in [0.25, 0.3) is 0 Å². The molecule has 0 atom stereocenters. The molecule has 0 saturated carbocycles. The monoisotopic (exact) mass is 612 g/mol. The Bertz CT molecular complexity index is 1230. The summed E-state index contributed by atoms with van der Waals surface area (Å²) >= 11 is 0.943. The number of halogens is 6. The van der Waals surface area contributed by atoms with E-state index >= 15 is 0 Å². The summed E-state index contributed by atoms with van der Waals surface area (Å²) in [6.45, 7) is 4.02. The summed E-state index contributed by atoms with van der Waals surface area (Å²) < 4.78 is 86.2. The molecule has 34 heavy (non-hydrogen) atoms. The maximum Gasteiger partial charge on any atom is 0.415 e. The highest BCUT2D eigenvalue weighted by atomic mass is 127. The summed E-state index contributed by atoms with van der Waals surface area (Å²) in [6, 6.07) is 7.83. The summed E-state index contributed by atoms with van der Waals surface area (Å²) in [5.74, 6) is -0.650. The van der Waals surface area contributed by atoms with Gasteiger partial charge in [-0.3, -0.25) is 9.78 Å². The van der Waals surface area contributed by atoms with Crippen molar-refractivity contribution in [3.05, 3.63) is 94.7 Å². The van der Waals surface area contributed by atoms with Crippen LogP contribution in [0.2, 0.25) is 0 Å². The fraction of sp³-hybridized carbons (Fsp3) is 0.182. The smallest absolute Gasteiger partial charge is 0.347 e. The van der Waals surface area contributed by atoms with Crippen molar-refractivity contribution < 1.29 is 35.2 Å². The zero-order valence-corrected chi connectivity index (χ0v) is 20.5.